The van der Waals surface area contributed by atoms with E-state index < -0.39 is 12.1 Å². The summed E-state index contributed by atoms with van der Waals surface area (Å²) in [6.07, 6.45) is -0.661. The van der Waals surface area contributed by atoms with E-state index in [1.807, 2.05) is 0 Å². The lowest BCUT2D eigenvalue weighted by Crippen LogP contribution is -2.23. The zero-order chi connectivity index (χ0) is 11.6. The van der Waals surface area contributed by atoms with Crippen molar-refractivity contribution in [1.29, 1.82) is 0 Å². The van der Waals surface area contributed by atoms with Gasteiger partial charge >= 0.3 is 0 Å². The van der Waals surface area contributed by atoms with Crippen molar-refractivity contribution in [2.24, 2.45) is 5.73 Å². The third-order valence-electron chi connectivity index (χ3n) is 2.18. The van der Waals surface area contributed by atoms with E-state index in [0.717, 1.165) is 0 Å². The molecule has 1 aromatic carbocycles. The van der Waals surface area contributed by atoms with Gasteiger partial charge in [-0.25, -0.2) is 0 Å². The lowest BCUT2D eigenvalue weighted by Gasteiger charge is -2.17. The monoisotopic (exact) mass is 311 g/mol. The molecule has 92 valence electrons. The van der Waals surface area contributed by atoms with E-state index in [0.29, 0.717) is 15.8 Å². The van der Waals surface area contributed by atoms with Crippen LogP contribution in [-0.2, 0) is 0 Å². The van der Waals surface area contributed by atoms with Crippen molar-refractivity contribution in [2.45, 2.75) is 19.1 Å². The average Bonchev–Trinajstić information content (AvgIpc) is 2.20. The number of aromatic hydroxyl groups is 1. The minimum absolute atomic E-state index is 0. The zero-order valence-electron chi connectivity index (χ0n) is 8.98. The van der Waals surface area contributed by atoms with E-state index >= 15 is 0 Å². The molecule has 0 aliphatic rings. The Morgan fingerprint density at radius 2 is 2.00 bits per heavy atom. The van der Waals surface area contributed by atoms with Gasteiger partial charge in [0.1, 0.15) is 0 Å². The van der Waals surface area contributed by atoms with E-state index in [1.54, 1.807) is 19.1 Å². The summed E-state index contributed by atoms with van der Waals surface area (Å²) in [7, 11) is 1.46. The second-order valence-corrected chi connectivity index (χ2v) is 4.17. The van der Waals surface area contributed by atoms with Gasteiger partial charge in [0.25, 0.3) is 0 Å². The maximum absolute atomic E-state index is 9.57. The van der Waals surface area contributed by atoms with Crippen LogP contribution in [0.1, 0.15) is 18.5 Å². The van der Waals surface area contributed by atoms with Crippen LogP contribution < -0.4 is 10.5 Å². The molecule has 0 unspecified atom stereocenters. The Kier molecular flexibility index (Phi) is 6.10. The predicted octanol–water partition coefficient (Wildman–Crippen LogP) is 1.97. The lowest BCUT2D eigenvalue weighted by molar-refractivity contribution is 0.164. The highest BCUT2D eigenvalue weighted by molar-refractivity contribution is 9.10. The van der Waals surface area contributed by atoms with Crippen molar-refractivity contribution in [3.05, 3.63) is 22.2 Å². The Balaban J connectivity index is 0.00000225. The summed E-state index contributed by atoms with van der Waals surface area (Å²) in [4.78, 5) is 0. The molecule has 0 radical (unpaired) electrons. The summed E-state index contributed by atoms with van der Waals surface area (Å²) >= 11 is 3.19. The molecule has 0 spiro atoms. The van der Waals surface area contributed by atoms with Crippen molar-refractivity contribution < 1.29 is 14.9 Å². The standard InChI is InChI=1S/C10H14BrNO3.ClH/c1-5(13)9(12)6-3-7(11)10(14)8(4-6)15-2;/h3-5,9,13-14H,12H2,1-2H3;1H/t5-,9-;/m0./s1. The number of aliphatic hydroxyl groups is 1. The number of rotatable bonds is 3. The molecular formula is C10H15BrClNO3. The molecule has 0 saturated carbocycles. The Morgan fingerprint density at radius 3 is 2.44 bits per heavy atom. The molecule has 1 rings (SSSR count). The molecule has 0 aromatic heterocycles. The van der Waals surface area contributed by atoms with Crippen LogP contribution >= 0.6 is 28.3 Å². The van der Waals surface area contributed by atoms with Gasteiger partial charge in [0.2, 0.25) is 0 Å². The highest BCUT2D eigenvalue weighted by Crippen LogP contribution is 2.36. The van der Waals surface area contributed by atoms with Crippen LogP contribution in [0.2, 0.25) is 0 Å². The predicted molar refractivity (Wildman–Crippen MR) is 68.2 cm³/mol. The number of halogens is 2. The van der Waals surface area contributed by atoms with E-state index in [1.165, 1.54) is 7.11 Å². The molecule has 0 saturated heterocycles. The first-order chi connectivity index (χ1) is 6.97. The van der Waals surface area contributed by atoms with Crippen molar-refractivity contribution in [1.82, 2.24) is 0 Å². The topological polar surface area (TPSA) is 75.7 Å². The number of nitrogens with two attached hydrogens (primary N) is 1. The number of phenolic OH excluding ortho intramolecular Hbond substituents is 1. The van der Waals surface area contributed by atoms with Crippen molar-refractivity contribution in [2.75, 3.05) is 7.11 Å². The smallest absolute Gasteiger partial charge is 0.172 e. The van der Waals surface area contributed by atoms with Crippen molar-refractivity contribution >= 4 is 28.3 Å². The molecule has 0 heterocycles. The summed E-state index contributed by atoms with van der Waals surface area (Å²) < 4.78 is 5.47. The highest BCUT2D eigenvalue weighted by Gasteiger charge is 2.16. The number of aliphatic hydroxyl groups excluding tert-OH is 1. The summed E-state index contributed by atoms with van der Waals surface area (Å²) in [6.45, 7) is 1.61. The minimum atomic E-state index is -0.661. The first-order valence-electron chi connectivity index (χ1n) is 4.47. The Bertz CT molecular complexity index is 360. The van der Waals surface area contributed by atoms with Gasteiger partial charge in [0, 0.05) is 0 Å². The fourth-order valence-electron chi connectivity index (χ4n) is 1.22. The molecule has 6 heteroatoms. The Labute approximate surface area is 109 Å². The molecule has 4 N–H and O–H groups in total. The third-order valence-corrected chi connectivity index (χ3v) is 2.78. The largest absolute Gasteiger partial charge is 0.503 e. The Morgan fingerprint density at radius 1 is 1.44 bits per heavy atom. The fraction of sp³-hybridized carbons (Fsp3) is 0.400. The summed E-state index contributed by atoms with van der Waals surface area (Å²) in [5.74, 6) is 0.356. The lowest BCUT2D eigenvalue weighted by atomic mass is 10.0. The maximum Gasteiger partial charge on any atom is 0.172 e. The average molecular weight is 313 g/mol. The molecule has 0 amide bonds. The van der Waals surface area contributed by atoms with Crippen LogP contribution in [0.4, 0.5) is 0 Å². The SMILES string of the molecule is COc1cc([C@@H](N)[C@H](C)O)cc(Br)c1O.Cl. The molecule has 2 atom stereocenters. The van der Waals surface area contributed by atoms with Gasteiger partial charge in [-0.1, -0.05) is 0 Å². The quantitative estimate of drug-likeness (QED) is 0.797. The van der Waals surface area contributed by atoms with Crippen LogP contribution in [0.3, 0.4) is 0 Å². The summed E-state index contributed by atoms with van der Waals surface area (Å²) in [5, 5.41) is 18.9. The normalized spacial score (nSPS) is 13.8. The van der Waals surface area contributed by atoms with Crippen molar-refractivity contribution in [3.8, 4) is 11.5 Å². The van der Waals surface area contributed by atoms with E-state index in [9.17, 15) is 10.2 Å². The van der Waals surface area contributed by atoms with E-state index in [4.69, 9.17) is 10.5 Å². The second kappa shape index (κ2) is 6.30. The van der Waals surface area contributed by atoms with E-state index in [-0.39, 0.29) is 18.2 Å². The minimum Gasteiger partial charge on any atom is -0.503 e. The second-order valence-electron chi connectivity index (χ2n) is 3.32. The molecular weight excluding hydrogens is 297 g/mol. The van der Waals surface area contributed by atoms with Crippen LogP contribution in [0.25, 0.3) is 0 Å². The number of hydrogen-bond donors (Lipinski definition) is 3. The summed E-state index contributed by atoms with van der Waals surface area (Å²) in [5.41, 5.74) is 6.47. The molecule has 4 nitrogen and oxygen atoms in total. The van der Waals surface area contributed by atoms with Gasteiger partial charge in [0.15, 0.2) is 11.5 Å². The molecule has 0 aliphatic heterocycles. The van der Waals surface area contributed by atoms with Crippen LogP contribution in [-0.4, -0.2) is 23.4 Å². The molecule has 1 aromatic rings. The number of hydrogen-bond acceptors (Lipinski definition) is 4. The van der Waals surface area contributed by atoms with Crippen LogP contribution in [0, 0.1) is 0 Å². The molecule has 0 aliphatic carbocycles. The van der Waals surface area contributed by atoms with Gasteiger partial charge in [-0.05, 0) is 40.5 Å². The number of phenols is 1. The van der Waals surface area contributed by atoms with Crippen molar-refractivity contribution in [3.63, 3.8) is 0 Å². The number of benzene rings is 1. The van der Waals surface area contributed by atoms with Crippen LogP contribution in [0.5, 0.6) is 11.5 Å². The molecule has 0 fully saturated rings. The first-order valence-corrected chi connectivity index (χ1v) is 5.26. The van der Waals surface area contributed by atoms with E-state index in [2.05, 4.69) is 15.9 Å². The van der Waals surface area contributed by atoms with Crippen LogP contribution in [0.15, 0.2) is 16.6 Å². The molecule has 0 bridgehead atoms. The number of methoxy groups -OCH3 is 1. The Hall–Kier alpha value is -0.490. The van der Waals surface area contributed by atoms with Gasteiger partial charge < -0.3 is 20.7 Å². The highest BCUT2D eigenvalue weighted by atomic mass is 79.9. The molecule has 16 heavy (non-hydrogen) atoms. The van der Waals surface area contributed by atoms with Gasteiger partial charge in [-0.3, -0.25) is 0 Å². The van der Waals surface area contributed by atoms with Gasteiger partial charge in [-0.2, -0.15) is 0 Å². The summed E-state index contributed by atoms with van der Waals surface area (Å²) in [6, 6.07) is 2.77. The first kappa shape index (κ1) is 15.5. The third kappa shape index (κ3) is 3.25. The number of ether oxygens (including phenoxy) is 1. The maximum atomic E-state index is 9.57. The van der Waals surface area contributed by atoms with Gasteiger partial charge in [0.05, 0.1) is 23.7 Å². The van der Waals surface area contributed by atoms with Gasteiger partial charge in [-0.15, -0.1) is 12.4 Å². The fourth-order valence-corrected chi connectivity index (χ4v) is 1.68. The zero-order valence-corrected chi connectivity index (χ0v) is 11.4.